The van der Waals surface area contributed by atoms with Crippen LogP contribution in [0.1, 0.15) is 20.3 Å². The molecule has 0 aliphatic carbocycles. The average molecular weight is 231 g/mol. The summed E-state index contributed by atoms with van der Waals surface area (Å²) in [6.45, 7) is 7.65. The Morgan fingerprint density at radius 3 is 2.62 bits per heavy atom. The van der Waals surface area contributed by atoms with E-state index in [0.29, 0.717) is 19.6 Å². The van der Waals surface area contributed by atoms with Crippen molar-refractivity contribution in [1.82, 2.24) is 10.2 Å². The third kappa shape index (κ3) is 6.05. The van der Waals surface area contributed by atoms with Crippen molar-refractivity contribution in [3.05, 3.63) is 0 Å². The minimum absolute atomic E-state index is 0.0327. The van der Waals surface area contributed by atoms with Gasteiger partial charge in [0.2, 0.25) is 5.91 Å². The zero-order valence-electron chi connectivity index (χ0n) is 10.7. The molecule has 0 aliphatic rings. The average Bonchev–Trinajstić information content (AvgIpc) is 2.32. The monoisotopic (exact) mass is 231 g/mol. The van der Waals surface area contributed by atoms with Crippen molar-refractivity contribution in [3.8, 4) is 0 Å². The van der Waals surface area contributed by atoms with Crippen LogP contribution in [0.25, 0.3) is 0 Å². The third-order valence-electron chi connectivity index (χ3n) is 2.62. The fraction of sp³-hybridized carbons (Fsp3) is 0.909. The summed E-state index contributed by atoms with van der Waals surface area (Å²) in [6.07, 6.45) is 0.451. The molecule has 0 aromatic rings. The van der Waals surface area contributed by atoms with Gasteiger partial charge < -0.3 is 15.8 Å². The molecule has 0 radical (unpaired) electrons. The van der Waals surface area contributed by atoms with Crippen LogP contribution in [0.5, 0.6) is 0 Å². The van der Waals surface area contributed by atoms with Gasteiger partial charge >= 0.3 is 0 Å². The van der Waals surface area contributed by atoms with Gasteiger partial charge in [-0.15, -0.1) is 0 Å². The van der Waals surface area contributed by atoms with E-state index in [1.165, 1.54) is 0 Å². The Morgan fingerprint density at radius 1 is 1.50 bits per heavy atom. The van der Waals surface area contributed by atoms with Gasteiger partial charge in [0, 0.05) is 39.2 Å². The molecule has 0 spiro atoms. The number of nitrogens with two attached hydrogens (primary N) is 1. The summed E-state index contributed by atoms with van der Waals surface area (Å²) < 4.78 is 5.31. The lowest BCUT2D eigenvalue weighted by Gasteiger charge is -2.29. The molecule has 0 saturated carbocycles. The van der Waals surface area contributed by atoms with Gasteiger partial charge in [-0.25, -0.2) is 0 Å². The van der Waals surface area contributed by atoms with Crippen LogP contribution in [0.4, 0.5) is 0 Å². The minimum Gasteiger partial charge on any atom is -0.380 e. The predicted molar refractivity (Wildman–Crippen MR) is 65.3 cm³/mol. The first-order chi connectivity index (χ1) is 7.69. The molecule has 0 aromatic carbocycles. The number of hydrogen-bond acceptors (Lipinski definition) is 4. The fourth-order valence-electron chi connectivity index (χ4n) is 1.60. The predicted octanol–water partition coefficient (Wildman–Crippen LogP) is -0.192. The van der Waals surface area contributed by atoms with Crippen molar-refractivity contribution in [2.75, 3.05) is 39.9 Å². The number of nitrogens with zero attached hydrogens (tertiary/aromatic N) is 1. The van der Waals surface area contributed by atoms with Crippen LogP contribution in [-0.2, 0) is 9.53 Å². The van der Waals surface area contributed by atoms with Crippen molar-refractivity contribution >= 4 is 5.91 Å². The van der Waals surface area contributed by atoms with Crippen LogP contribution in [0.3, 0.4) is 0 Å². The van der Waals surface area contributed by atoms with E-state index < -0.39 is 0 Å². The molecule has 5 heteroatoms. The quantitative estimate of drug-likeness (QED) is 0.540. The summed E-state index contributed by atoms with van der Waals surface area (Å²) in [4.78, 5) is 13.5. The minimum atomic E-state index is 0.0327. The van der Waals surface area contributed by atoms with Gasteiger partial charge in [-0.3, -0.25) is 9.69 Å². The normalized spacial score (nSPS) is 12.8. The van der Waals surface area contributed by atoms with E-state index in [-0.39, 0.29) is 11.9 Å². The van der Waals surface area contributed by atoms with Crippen LogP contribution in [0.15, 0.2) is 0 Å². The van der Waals surface area contributed by atoms with Gasteiger partial charge in [-0.05, 0) is 13.5 Å². The van der Waals surface area contributed by atoms with Crippen LogP contribution >= 0.6 is 0 Å². The van der Waals surface area contributed by atoms with Gasteiger partial charge in [0.25, 0.3) is 0 Å². The zero-order chi connectivity index (χ0) is 12.4. The topological polar surface area (TPSA) is 67.6 Å². The molecule has 0 aromatic heterocycles. The molecule has 1 amide bonds. The SMILES string of the molecule is CCOCCN(CC)C(CN)CC(=O)NC. The van der Waals surface area contributed by atoms with Crippen molar-refractivity contribution in [2.24, 2.45) is 5.73 Å². The lowest BCUT2D eigenvalue weighted by molar-refractivity contribution is -0.121. The smallest absolute Gasteiger partial charge is 0.221 e. The molecule has 3 N–H and O–H groups in total. The molecule has 0 rings (SSSR count). The Balaban J connectivity index is 4.10. The summed E-state index contributed by atoms with van der Waals surface area (Å²) >= 11 is 0. The van der Waals surface area contributed by atoms with E-state index in [1.807, 2.05) is 6.92 Å². The van der Waals surface area contributed by atoms with E-state index >= 15 is 0 Å². The van der Waals surface area contributed by atoms with Gasteiger partial charge in [0.1, 0.15) is 0 Å². The Morgan fingerprint density at radius 2 is 2.19 bits per heavy atom. The number of hydrogen-bond donors (Lipinski definition) is 2. The van der Waals surface area contributed by atoms with Crippen molar-refractivity contribution < 1.29 is 9.53 Å². The second kappa shape index (κ2) is 9.57. The molecule has 1 atom stereocenters. The molecule has 0 fully saturated rings. The molecule has 96 valence electrons. The number of rotatable bonds is 9. The first-order valence-corrected chi connectivity index (χ1v) is 5.91. The van der Waals surface area contributed by atoms with Gasteiger partial charge in [-0.2, -0.15) is 0 Å². The summed E-state index contributed by atoms with van der Waals surface area (Å²) in [5.41, 5.74) is 5.69. The van der Waals surface area contributed by atoms with E-state index in [0.717, 1.165) is 19.7 Å². The van der Waals surface area contributed by atoms with Crippen LogP contribution in [0, 0.1) is 0 Å². The largest absolute Gasteiger partial charge is 0.380 e. The molecule has 0 bridgehead atoms. The first kappa shape index (κ1) is 15.3. The number of nitrogens with one attached hydrogen (secondary N) is 1. The number of likely N-dealkylation sites (N-methyl/N-ethyl adjacent to an activating group) is 1. The molecule has 5 nitrogen and oxygen atoms in total. The molecule has 1 unspecified atom stereocenters. The molecular weight excluding hydrogens is 206 g/mol. The van der Waals surface area contributed by atoms with Gasteiger partial charge in [0.15, 0.2) is 0 Å². The Bertz CT molecular complexity index is 188. The van der Waals surface area contributed by atoms with Crippen molar-refractivity contribution in [2.45, 2.75) is 26.3 Å². The zero-order valence-corrected chi connectivity index (χ0v) is 10.7. The maximum absolute atomic E-state index is 11.3. The molecule has 0 heterocycles. The summed E-state index contributed by atoms with van der Waals surface area (Å²) in [5, 5.41) is 2.62. The van der Waals surface area contributed by atoms with Crippen LogP contribution in [0.2, 0.25) is 0 Å². The highest BCUT2D eigenvalue weighted by Crippen LogP contribution is 2.03. The maximum Gasteiger partial charge on any atom is 0.221 e. The second-order valence-electron chi connectivity index (χ2n) is 3.59. The fourth-order valence-corrected chi connectivity index (χ4v) is 1.60. The van der Waals surface area contributed by atoms with Crippen LogP contribution in [-0.4, -0.2) is 56.7 Å². The van der Waals surface area contributed by atoms with Gasteiger partial charge in [0.05, 0.1) is 6.61 Å². The highest BCUT2D eigenvalue weighted by molar-refractivity contribution is 5.76. The molecular formula is C11H25N3O2. The Hall–Kier alpha value is -0.650. The Labute approximate surface area is 98.3 Å². The van der Waals surface area contributed by atoms with E-state index in [1.54, 1.807) is 7.05 Å². The number of carbonyl (C=O) groups excluding carboxylic acids is 1. The van der Waals surface area contributed by atoms with E-state index in [9.17, 15) is 4.79 Å². The van der Waals surface area contributed by atoms with Crippen molar-refractivity contribution in [1.29, 1.82) is 0 Å². The summed E-state index contributed by atoms with van der Waals surface area (Å²) in [5.74, 6) is 0.0327. The molecule has 0 saturated heterocycles. The summed E-state index contributed by atoms with van der Waals surface area (Å²) in [7, 11) is 1.65. The van der Waals surface area contributed by atoms with E-state index in [4.69, 9.17) is 10.5 Å². The standard InChI is InChI=1S/C11H25N3O2/c1-4-14(6-7-16-5-2)10(9-12)8-11(15)13-3/h10H,4-9,12H2,1-3H3,(H,13,15). The highest BCUT2D eigenvalue weighted by atomic mass is 16.5. The first-order valence-electron chi connectivity index (χ1n) is 5.91. The Kier molecular flexibility index (Phi) is 9.18. The third-order valence-corrected chi connectivity index (χ3v) is 2.62. The number of amides is 1. The second-order valence-corrected chi connectivity index (χ2v) is 3.59. The van der Waals surface area contributed by atoms with E-state index in [2.05, 4.69) is 17.1 Å². The number of ether oxygens (including phenoxy) is 1. The summed E-state index contributed by atoms with van der Waals surface area (Å²) in [6, 6.07) is 0.102. The highest BCUT2D eigenvalue weighted by Gasteiger charge is 2.18. The lowest BCUT2D eigenvalue weighted by Crippen LogP contribution is -2.44. The molecule has 16 heavy (non-hydrogen) atoms. The van der Waals surface area contributed by atoms with Crippen LogP contribution < -0.4 is 11.1 Å². The maximum atomic E-state index is 11.3. The lowest BCUT2D eigenvalue weighted by atomic mass is 10.1. The van der Waals surface area contributed by atoms with Gasteiger partial charge in [-0.1, -0.05) is 6.92 Å². The molecule has 0 aliphatic heterocycles. The number of carbonyl (C=O) groups is 1. The van der Waals surface area contributed by atoms with Crippen molar-refractivity contribution in [3.63, 3.8) is 0 Å².